The summed E-state index contributed by atoms with van der Waals surface area (Å²) >= 11 is 0. The summed E-state index contributed by atoms with van der Waals surface area (Å²) in [5.74, 6) is -0.345. The molecule has 1 aliphatic rings. The van der Waals surface area contributed by atoms with Crippen molar-refractivity contribution in [2.75, 3.05) is 38.0 Å². The lowest BCUT2D eigenvalue weighted by Gasteiger charge is -2.18. The Balaban J connectivity index is 1.58. The third-order valence-electron chi connectivity index (χ3n) is 5.34. The zero-order valence-electron chi connectivity index (χ0n) is 17.4. The highest BCUT2D eigenvalue weighted by molar-refractivity contribution is 6.04. The predicted octanol–water partition coefficient (Wildman–Crippen LogP) is 1.39. The van der Waals surface area contributed by atoms with Crippen molar-refractivity contribution in [2.24, 2.45) is 7.05 Å². The van der Waals surface area contributed by atoms with Crippen LogP contribution in [0, 0.1) is 0 Å². The van der Waals surface area contributed by atoms with E-state index in [1.165, 1.54) is 0 Å². The van der Waals surface area contributed by atoms with E-state index in [9.17, 15) is 9.59 Å². The molecule has 0 saturated heterocycles. The molecular weight excluding hydrogens is 368 g/mol. The first-order valence-electron chi connectivity index (χ1n) is 10.2. The van der Waals surface area contributed by atoms with Gasteiger partial charge in [0, 0.05) is 62.2 Å². The molecule has 8 nitrogen and oxygen atoms in total. The van der Waals surface area contributed by atoms with Crippen molar-refractivity contribution < 1.29 is 9.59 Å². The van der Waals surface area contributed by atoms with Crippen LogP contribution in [0.5, 0.6) is 0 Å². The lowest BCUT2D eigenvalue weighted by atomic mass is 10.1. The monoisotopic (exact) mass is 398 g/mol. The molecule has 1 aromatic carbocycles. The van der Waals surface area contributed by atoms with Crippen molar-refractivity contribution in [3.63, 3.8) is 0 Å². The topological polar surface area (TPSA) is 91.3 Å². The summed E-state index contributed by atoms with van der Waals surface area (Å²) in [6.07, 6.45) is 0.865. The van der Waals surface area contributed by atoms with Gasteiger partial charge in [-0.3, -0.25) is 14.3 Å². The van der Waals surface area contributed by atoms with Crippen LogP contribution in [0.4, 0.5) is 5.69 Å². The highest BCUT2D eigenvalue weighted by Gasteiger charge is 2.23. The summed E-state index contributed by atoms with van der Waals surface area (Å²) < 4.78 is 1.79. The van der Waals surface area contributed by atoms with Crippen LogP contribution in [0.2, 0.25) is 0 Å². The number of aromatic nitrogens is 2. The molecular formula is C21H30N6O2. The molecule has 0 aliphatic carbocycles. The number of hydrogen-bond donors (Lipinski definition) is 3. The van der Waals surface area contributed by atoms with Gasteiger partial charge in [-0.05, 0) is 37.4 Å². The van der Waals surface area contributed by atoms with Crippen molar-refractivity contribution in [2.45, 2.75) is 26.8 Å². The maximum absolute atomic E-state index is 12.7. The second-order valence-electron chi connectivity index (χ2n) is 7.14. The molecule has 2 heterocycles. The molecule has 3 N–H and O–H groups in total. The number of hydrogen-bond acceptors (Lipinski definition) is 5. The normalized spacial score (nSPS) is 13.2. The van der Waals surface area contributed by atoms with Crippen LogP contribution in [-0.2, 0) is 20.0 Å². The van der Waals surface area contributed by atoms with Crippen LogP contribution in [0.3, 0.4) is 0 Å². The maximum atomic E-state index is 12.7. The average Bonchev–Trinajstić information content (AvgIpc) is 3.08. The molecule has 0 fully saturated rings. The molecule has 156 valence electrons. The molecule has 0 spiro atoms. The molecule has 0 bridgehead atoms. The number of likely N-dealkylation sites (N-methyl/N-ethyl adjacent to an activating group) is 1. The Morgan fingerprint density at radius 3 is 2.59 bits per heavy atom. The molecule has 0 atom stereocenters. The van der Waals surface area contributed by atoms with Gasteiger partial charge in [0.25, 0.3) is 11.8 Å². The zero-order valence-corrected chi connectivity index (χ0v) is 17.4. The number of aryl methyl sites for hydroxylation is 1. The van der Waals surface area contributed by atoms with E-state index < -0.39 is 0 Å². The Morgan fingerprint density at radius 1 is 1.17 bits per heavy atom. The SMILES string of the molecule is CCN(CC)CCNC(=O)c1ccc(NC(=O)c2nn(C)c3c2CNCC3)cc1. The largest absolute Gasteiger partial charge is 0.351 e. The van der Waals surface area contributed by atoms with Crippen LogP contribution in [0.15, 0.2) is 24.3 Å². The summed E-state index contributed by atoms with van der Waals surface area (Å²) in [4.78, 5) is 27.2. The van der Waals surface area contributed by atoms with E-state index in [-0.39, 0.29) is 11.8 Å². The molecule has 8 heteroatoms. The van der Waals surface area contributed by atoms with Crippen molar-refractivity contribution in [3.05, 3.63) is 46.8 Å². The highest BCUT2D eigenvalue weighted by atomic mass is 16.2. The minimum atomic E-state index is -0.234. The van der Waals surface area contributed by atoms with Crippen molar-refractivity contribution in [1.82, 2.24) is 25.3 Å². The number of fused-ring (bicyclic) bond motifs is 1. The first-order chi connectivity index (χ1) is 14.0. The average molecular weight is 399 g/mol. The Morgan fingerprint density at radius 2 is 1.90 bits per heavy atom. The molecule has 2 aromatic rings. The first kappa shape index (κ1) is 21.0. The van der Waals surface area contributed by atoms with Crippen LogP contribution < -0.4 is 16.0 Å². The number of nitrogens with one attached hydrogen (secondary N) is 3. The van der Waals surface area contributed by atoms with Gasteiger partial charge in [-0.15, -0.1) is 0 Å². The lowest BCUT2D eigenvalue weighted by molar-refractivity contribution is 0.0948. The van der Waals surface area contributed by atoms with E-state index >= 15 is 0 Å². The molecule has 3 rings (SSSR count). The summed E-state index contributed by atoms with van der Waals surface area (Å²) in [5, 5.41) is 13.5. The van der Waals surface area contributed by atoms with Crippen LogP contribution in [0.1, 0.15) is 46.0 Å². The van der Waals surface area contributed by atoms with Gasteiger partial charge in [0.15, 0.2) is 5.69 Å². The molecule has 29 heavy (non-hydrogen) atoms. The number of carbonyl (C=O) groups excluding carboxylic acids is 2. The van der Waals surface area contributed by atoms with Crippen LogP contribution in [0.25, 0.3) is 0 Å². The Hall–Kier alpha value is -2.71. The zero-order chi connectivity index (χ0) is 20.8. The Labute approximate surface area is 171 Å². The van der Waals surface area contributed by atoms with E-state index in [4.69, 9.17) is 0 Å². The fraction of sp³-hybridized carbons (Fsp3) is 0.476. The number of anilines is 1. The summed E-state index contributed by atoms with van der Waals surface area (Å²) in [5.41, 5.74) is 3.72. The van der Waals surface area contributed by atoms with E-state index in [2.05, 4.69) is 39.8 Å². The second kappa shape index (κ2) is 9.67. The quantitative estimate of drug-likeness (QED) is 0.625. The summed E-state index contributed by atoms with van der Waals surface area (Å²) in [7, 11) is 1.87. The Kier molecular flexibility index (Phi) is 7.00. The van der Waals surface area contributed by atoms with E-state index in [1.54, 1.807) is 28.9 Å². The number of rotatable bonds is 8. The summed E-state index contributed by atoms with van der Waals surface area (Å²) in [6.45, 7) is 9.14. The standard InChI is InChI=1S/C21H30N6O2/c1-4-27(5-2)13-12-23-20(28)15-6-8-16(9-7-15)24-21(29)19-17-14-22-11-10-18(17)26(3)25-19/h6-9,22H,4-5,10-14H2,1-3H3,(H,23,28)(H,24,29). The molecule has 0 unspecified atom stereocenters. The molecule has 1 aromatic heterocycles. The minimum Gasteiger partial charge on any atom is -0.351 e. The number of nitrogens with zero attached hydrogens (tertiary/aromatic N) is 3. The summed E-state index contributed by atoms with van der Waals surface area (Å²) in [6, 6.07) is 6.92. The van der Waals surface area contributed by atoms with Crippen molar-refractivity contribution in [1.29, 1.82) is 0 Å². The van der Waals surface area contributed by atoms with E-state index in [1.807, 2.05) is 7.05 Å². The second-order valence-corrected chi connectivity index (χ2v) is 7.14. The maximum Gasteiger partial charge on any atom is 0.276 e. The first-order valence-corrected chi connectivity index (χ1v) is 10.2. The van der Waals surface area contributed by atoms with Gasteiger partial charge in [-0.2, -0.15) is 5.10 Å². The van der Waals surface area contributed by atoms with Gasteiger partial charge in [0.05, 0.1) is 0 Å². The van der Waals surface area contributed by atoms with Crippen molar-refractivity contribution in [3.8, 4) is 0 Å². The Bertz CT molecular complexity index is 855. The van der Waals surface area contributed by atoms with Crippen LogP contribution >= 0.6 is 0 Å². The third-order valence-corrected chi connectivity index (χ3v) is 5.34. The predicted molar refractivity (Wildman–Crippen MR) is 113 cm³/mol. The van der Waals surface area contributed by atoms with Gasteiger partial charge >= 0.3 is 0 Å². The van der Waals surface area contributed by atoms with Gasteiger partial charge in [0.1, 0.15) is 0 Å². The fourth-order valence-electron chi connectivity index (χ4n) is 3.57. The molecule has 1 aliphatic heterocycles. The fourth-order valence-corrected chi connectivity index (χ4v) is 3.57. The smallest absolute Gasteiger partial charge is 0.276 e. The third kappa shape index (κ3) is 5.02. The van der Waals surface area contributed by atoms with E-state index in [0.717, 1.165) is 43.9 Å². The van der Waals surface area contributed by atoms with E-state index in [0.29, 0.717) is 30.0 Å². The lowest BCUT2D eigenvalue weighted by Crippen LogP contribution is -2.34. The van der Waals surface area contributed by atoms with Gasteiger partial charge in [-0.1, -0.05) is 13.8 Å². The van der Waals surface area contributed by atoms with Gasteiger partial charge < -0.3 is 20.9 Å². The van der Waals surface area contributed by atoms with Crippen molar-refractivity contribution >= 4 is 17.5 Å². The molecule has 0 radical (unpaired) electrons. The minimum absolute atomic E-state index is 0.111. The highest BCUT2D eigenvalue weighted by Crippen LogP contribution is 2.19. The molecule has 0 saturated carbocycles. The number of benzene rings is 1. The van der Waals surface area contributed by atoms with Crippen LogP contribution in [-0.4, -0.2) is 59.2 Å². The van der Waals surface area contributed by atoms with Gasteiger partial charge in [-0.25, -0.2) is 0 Å². The van der Waals surface area contributed by atoms with Gasteiger partial charge in [0.2, 0.25) is 0 Å². The number of amides is 2. The molecule has 2 amide bonds. The number of carbonyl (C=O) groups is 2.